The normalized spacial score (nSPS) is 11.9. The zero-order chi connectivity index (χ0) is 13.0. The average Bonchev–Trinajstić information content (AvgIpc) is 2.39. The molecule has 0 fully saturated rings. The van der Waals surface area contributed by atoms with Crippen LogP contribution in [0.5, 0.6) is 5.88 Å². The highest BCUT2D eigenvalue weighted by atomic mass is 79.9. The van der Waals surface area contributed by atoms with E-state index in [0.29, 0.717) is 5.88 Å². The molecule has 0 spiro atoms. The second-order valence-electron chi connectivity index (χ2n) is 4.01. The molecule has 3 nitrogen and oxygen atoms in total. The second-order valence-corrected chi connectivity index (χ2v) is 4.93. The van der Waals surface area contributed by atoms with Gasteiger partial charge in [0.2, 0.25) is 5.88 Å². The van der Waals surface area contributed by atoms with E-state index in [1.807, 2.05) is 24.3 Å². The van der Waals surface area contributed by atoms with Crippen molar-refractivity contribution >= 4 is 21.6 Å². The Morgan fingerprint density at radius 3 is 2.72 bits per heavy atom. The Morgan fingerprint density at radius 1 is 1.28 bits per heavy atom. The molecule has 1 aromatic carbocycles. The first-order chi connectivity index (χ1) is 8.69. The number of rotatable bonds is 4. The van der Waals surface area contributed by atoms with E-state index in [-0.39, 0.29) is 6.04 Å². The van der Waals surface area contributed by atoms with Crippen LogP contribution in [0.4, 0.5) is 5.69 Å². The van der Waals surface area contributed by atoms with Gasteiger partial charge in [-0.1, -0.05) is 28.1 Å². The third-order valence-electron chi connectivity index (χ3n) is 2.68. The predicted octanol–water partition coefficient (Wildman–Crippen LogP) is 4.03. The Kier molecular flexibility index (Phi) is 4.20. The molecule has 1 N–H and O–H groups in total. The minimum Gasteiger partial charge on any atom is -0.481 e. The molecule has 0 aliphatic carbocycles. The summed E-state index contributed by atoms with van der Waals surface area (Å²) in [6, 6.07) is 12.3. The molecular weight excluding hydrogens is 292 g/mol. The summed E-state index contributed by atoms with van der Waals surface area (Å²) in [5.41, 5.74) is 2.20. The lowest BCUT2D eigenvalue weighted by molar-refractivity contribution is 0.398. The molecule has 0 amide bonds. The van der Waals surface area contributed by atoms with E-state index >= 15 is 0 Å². The number of aromatic nitrogens is 1. The summed E-state index contributed by atoms with van der Waals surface area (Å²) < 4.78 is 6.11. The molecule has 0 aliphatic heterocycles. The number of hydrogen-bond donors (Lipinski definition) is 1. The lowest BCUT2D eigenvalue weighted by Crippen LogP contribution is -2.06. The highest BCUT2D eigenvalue weighted by Crippen LogP contribution is 2.22. The molecule has 2 aromatic rings. The van der Waals surface area contributed by atoms with Crippen molar-refractivity contribution in [3.05, 3.63) is 52.6 Å². The first-order valence-corrected chi connectivity index (χ1v) is 6.50. The number of hydrogen-bond acceptors (Lipinski definition) is 3. The van der Waals surface area contributed by atoms with Gasteiger partial charge in [0.15, 0.2) is 0 Å². The summed E-state index contributed by atoms with van der Waals surface area (Å²) in [7, 11) is 1.61. The van der Waals surface area contributed by atoms with Crippen LogP contribution in [0, 0.1) is 0 Å². The van der Waals surface area contributed by atoms with Gasteiger partial charge in [0.25, 0.3) is 0 Å². The Labute approximate surface area is 115 Å². The van der Waals surface area contributed by atoms with Gasteiger partial charge in [-0.2, -0.15) is 0 Å². The van der Waals surface area contributed by atoms with E-state index in [1.165, 1.54) is 5.56 Å². The molecular formula is C14H15BrN2O. The SMILES string of the molecule is COc1ccc(NC(C)c2cccc(Br)c2)cn1. The van der Waals surface area contributed by atoms with Crippen LogP contribution in [0.15, 0.2) is 47.1 Å². The average molecular weight is 307 g/mol. The minimum absolute atomic E-state index is 0.220. The Hall–Kier alpha value is -1.55. The summed E-state index contributed by atoms with van der Waals surface area (Å²) in [5, 5.41) is 3.40. The molecule has 1 aromatic heterocycles. The first-order valence-electron chi connectivity index (χ1n) is 5.71. The fourth-order valence-corrected chi connectivity index (χ4v) is 2.11. The summed E-state index contributed by atoms with van der Waals surface area (Å²) in [6.45, 7) is 2.12. The van der Waals surface area contributed by atoms with Gasteiger partial charge < -0.3 is 10.1 Å². The van der Waals surface area contributed by atoms with Gasteiger partial charge in [-0.05, 0) is 30.7 Å². The number of ether oxygens (including phenoxy) is 1. The molecule has 0 aliphatic rings. The van der Waals surface area contributed by atoms with Gasteiger partial charge in [0, 0.05) is 16.6 Å². The number of nitrogens with zero attached hydrogens (tertiary/aromatic N) is 1. The van der Waals surface area contributed by atoms with Gasteiger partial charge in [0.1, 0.15) is 0 Å². The van der Waals surface area contributed by atoms with E-state index in [2.05, 4.69) is 45.3 Å². The van der Waals surface area contributed by atoms with Gasteiger partial charge >= 0.3 is 0 Å². The predicted molar refractivity (Wildman–Crippen MR) is 77.0 cm³/mol. The van der Waals surface area contributed by atoms with Crippen LogP contribution in [-0.2, 0) is 0 Å². The van der Waals surface area contributed by atoms with Crippen molar-refractivity contribution in [1.82, 2.24) is 4.98 Å². The zero-order valence-corrected chi connectivity index (χ0v) is 11.9. The minimum atomic E-state index is 0.220. The van der Waals surface area contributed by atoms with E-state index in [9.17, 15) is 0 Å². The fraction of sp³-hybridized carbons (Fsp3) is 0.214. The summed E-state index contributed by atoms with van der Waals surface area (Å²) in [5.74, 6) is 0.621. The van der Waals surface area contributed by atoms with Crippen LogP contribution in [0.25, 0.3) is 0 Å². The summed E-state index contributed by atoms with van der Waals surface area (Å²) >= 11 is 3.48. The lowest BCUT2D eigenvalue weighted by atomic mass is 10.1. The Morgan fingerprint density at radius 2 is 2.11 bits per heavy atom. The van der Waals surface area contributed by atoms with Crippen LogP contribution in [0.2, 0.25) is 0 Å². The number of methoxy groups -OCH3 is 1. The molecule has 1 atom stereocenters. The Balaban J connectivity index is 2.08. The summed E-state index contributed by atoms with van der Waals surface area (Å²) in [6.07, 6.45) is 1.77. The van der Waals surface area contributed by atoms with Gasteiger partial charge in [0.05, 0.1) is 19.0 Å². The van der Waals surface area contributed by atoms with Crippen LogP contribution in [0.1, 0.15) is 18.5 Å². The van der Waals surface area contributed by atoms with Crippen LogP contribution in [-0.4, -0.2) is 12.1 Å². The van der Waals surface area contributed by atoms with Crippen LogP contribution < -0.4 is 10.1 Å². The van der Waals surface area contributed by atoms with E-state index in [0.717, 1.165) is 10.2 Å². The molecule has 1 heterocycles. The number of anilines is 1. The Bertz CT molecular complexity index is 513. The summed E-state index contributed by atoms with van der Waals surface area (Å²) in [4.78, 5) is 4.17. The molecule has 0 saturated heterocycles. The molecule has 18 heavy (non-hydrogen) atoms. The lowest BCUT2D eigenvalue weighted by Gasteiger charge is -2.15. The smallest absolute Gasteiger partial charge is 0.213 e. The van der Waals surface area contributed by atoms with Crippen molar-refractivity contribution in [2.45, 2.75) is 13.0 Å². The van der Waals surface area contributed by atoms with Crippen LogP contribution in [0.3, 0.4) is 0 Å². The molecule has 0 saturated carbocycles. The van der Waals surface area contributed by atoms with Crippen molar-refractivity contribution in [2.24, 2.45) is 0 Å². The van der Waals surface area contributed by atoms with Crippen molar-refractivity contribution in [3.8, 4) is 5.88 Å². The van der Waals surface area contributed by atoms with Crippen molar-refractivity contribution in [1.29, 1.82) is 0 Å². The van der Waals surface area contributed by atoms with E-state index in [1.54, 1.807) is 13.3 Å². The zero-order valence-electron chi connectivity index (χ0n) is 10.4. The quantitative estimate of drug-likeness (QED) is 0.926. The molecule has 0 bridgehead atoms. The molecule has 94 valence electrons. The van der Waals surface area contributed by atoms with Crippen molar-refractivity contribution in [2.75, 3.05) is 12.4 Å². The van der Waals surface area contributed by atoms with Gasteiger partial charge in [-0.3, -0.25) is 0 Å². The second kappa shape index (κ2) is 5.87. The number of halogens is 1. The first kappa shape index (κ1) is 12.9. The van der Waals surface area contributed by atoms with E-state index in [4.69, 9.17) is 4.74 Å². The highest BCUT2D eigenvalue weighted by Gasteiger charge is 2.05. The third kappa shape index (κ3) is 3.23. The molecule has 1 unspecified atom stereocenters. The number of pyridine rings is 1. The molecule has 2 rings (SSSR count). The molecule has 0 radical (unpaired) electrons. The maximum absolute atomic E-state index is 5.03. The topological polar surface area (TPSA) is 34.1 Å². The highest BCUT2D eigenvalue weighted by molar-refractivity contribution is 9.10. The largest absolute Gasteiger partial charge is 0.481 e. The third-order valence-corrected chi connectivity index (χ3v) is 3.17. The van der Waals surface area contributed by atoms with Crippen LogP contribution >= 0.6 is 15.9 Å². The maximum atomic E-state index is 5.03. The standard InChI is InChI=1S/C14H15BrN2O/c1-10(11-4-3-5-12(15)8-11)17-13-6-7-14(18-2)16-9-13/h3-10,17H,1-2H3. The van der Waals surface area contributed by atoms with Crippen molar-refractivity contribution < 1.29 is 4.74 Å². The molecule has 4 heteroatoms. The number of nitrogens with one attached hydrogen (secondary N) is 1. The monoisotopic (exact) mass is 306 g/mol. The van der Waals surface area contributed by atoms with Gasteiger partial charge in [-0.15, -0.1) is 0 Å². The maximum Gasteiger partial charge on any atom is 0.213 e. The van der Waals surface area contributed by atoms with E-state index < -0.39 is 0 Å². The van der Waals surface area contributed by atoms with Crippen molar-refractivity contribution in [3.63, 3.8) is 0 Å². The fourth-order valence-electron chi connectivity index (χ4n) is 1.70. The number of benzene rings is 1. The van der Waals surface area contributed by atoms with Gasteiger partial charge in [-0.25, -0.2) is 4.98 Å².